The number of hydrogen-bond acceptors (Lipinski definition) is 3. The topological polar surface area (TPSA) is 63.3 Å². The number of nitrogen functional groups attached to an aromatic ring is 1. The molecule has 19 heavy (non-hydrogen) atoms. The lowest BCUT2D eigenvalue weighted by Crippen LogP contribution is -1.96. The molecule has 0 unspecified atom stereocenters. The van der Waals surface area contributed by atoms with E-state index in [4.69, 9.17) is 22.4 Å². The molecule has 0 fully saturated rings. The van der Waals surface area contributed by atoms with Crippen LogP contribution in [-0.4, -0.2) is 11.1 Å². The van der Waals surface area contributed by atoms with Crippen molar-refractivity contribution in [2.24, 2.45) is 0 Å². The number of carboxylic acids is 1. The first-order valence-corrected chi connectivity index (χ1v) is 6.92. The van der Waals surface area contributed by atoms with Gasteiger partial charge in [0.2, 0.25) is 0 Å². The van der Waals surface area contributed by atoms with E-state index >= 15 is 0 Å². The molecule has 0 aliphatic rings. The number of benzene rings is 2. The van der Waals surface area contributed by atoms with Crippen LogP contribution in [0.25, 0.3) is 0 Å². The summed E-state index contributed by atoms with van der Waals surface area (Å²) in [5.74, 6) is -0.233. The molecule has 0 aliphatic carbocycles. The smallest absolute Gasteiger partial charge is 0.335 e. The molecule has 3 N–H and O–H groups in total. The zero-order valence-corrected chi connectivity index (χ0v) is 11.5. The summed E-state index contributed by atoms with van der Waals surface area (Å²) in [5, 5.41) is 9.46. The standard InChI is InChI=1S/C14H12ClNO2S/c15-12-7-11(4-5-13(12)16)19-8-9-2-1-3-10(6-9)14(17)18/h1-7H,8,16H2,(H,17,18). The van der Waals surface area contributed by atoms with E-state index in [9.17, 15) is 4.79 Å². The third-order valence-electron chi connectivity index (χ3n) is 2.55. The molecule has 98 valence electrons. The van der Waals surface area contributed by atoms with Gasteiger partial charge in [0.15, 0.2) is 0 Å². The lowest BCUT2D eigenvalue weighted by Gasteiger charge is -2.05. The molecule has 0 saturated carbocycles. The summed E-state index contributed by atoms with van der Waals surface area (Å²) in [6.07, 6.45) is 0. The van der Waals surface area contributed by atoms with Crippen molar-refractivity contribution in [1.29, 1.82) is 0 Å². The molecule has 0 aromatic heterocycles. The Morgan fingerprint density at radius 2 is 2.05 bits per heavy atom. The van der Waals surface area contributed by atoms with Crippen molar-refractivity contribution in [1.82, 2.24) is 0 Å². The molecular formula is C14H12ClNO2S. The molecule has 0 bridgehead atoms. The predicted molar refractivity (Wildman–Crippen MR) is 78.8 cm³/mol. The van der Waals surface area contributed by atoms with Gasteiger partial charge in [-0.1, -0.05) is 23.7 Å². The second-order valence-electron chi connectivity index (χ2n) is 3.98. The first kappa shape index (κ1) is 13.8. The lowest BCUT2D eigenvalue weighted by atomic mass is 10.1. The Kier molecular flexibility index (Phi) is 4.35. The number of carboxylic acid groups (broad SMARTS) is 1. The minimum atomic E-state index is -0.914. The van der Waals surface area contributed by atoms with Crippen molar-refractivity contribution < 1.29 is 9.90 Å². The van der Waals surface area contributed by atoms with E-state index in [-0.39, 0.29) is 0 Å². The van der Waals surface area contributed by atoms with Crippen molar-refractivity contribution in [2.75, 3.05) is 5.73 Å². The second-order valence-corrected chi connectivity index (χ2v) is 5.43. The van der Waals surface area contributed by atoms with Crippen LogP contribution in [0.1, 0.15) is 15.9 Å². The second kappa shape index (κ2) is 5.99. The zero-order valence-electron chi connectivity index (χ0n) is 9.97. The largest absolute Gasteiger partial charge is 0.478 e. The van der Waals surface area contributed by atoms with E-state index in [1.165, 1.54) is 0 Å². The van der Waals surface area contributed by atoms with Gasteiger partial charge in [0.05, 0.1) is 16.3 Å². The van der Waals surface area contributed by atoms with E-state index in [1.807, 2.05) is 18.2 Å². The summed E-state index contributed by atoms with van der Waals surface area (Å²) in [7, 11) is 0. The van der Waals surface area contributed by atoms with Gasteiger partial charge in [0.25, 0.3) is 0 Å². The summed E-state index contributed by atoms with van der Waals surface area (Å²) in [6, 6.07) is 12.4. The maximum atomic E-state index is 10.9. The van der Waals surface area contributed by atoms with Crippen LogP contribution in [0, 0.1) is 0 Å². The zero-order chi connectivity index (χ0) is 13.8. The first-order valence-electron chi connectivity index (χ1n) is 5.56. The molecule has 2 aromatic rings. The number of rotatable bonds is 4. The summed E-state index contributed by atoms with van der Waals surface area (Å²) in [6.45, 7) is 0. The minimum Gasteiger partial charge on any atom is -0.478 e. The third-order valence-corrected chi connectivity index (χ3v) is 3.94. The highest BCUT2D eigenvalue weighted by Gasteiger charge is 2.04. The molecular weight excluding hydrogens is 282 g/mol. The van der Waals surface area contributed by atoms with Crippen LogP contribution in [0.15, 0.2) is 47.4 Å². The number of nitrogens with two attached hydrogens (primary N) is 1. The lowest BCUT2D eigenvalue weighted by molar-refractivity contribution is 0.0697. The van der Waals surface area contributed by atoms with Gasteiger partial charge >= 0.3 is 5.97 Å². The Morgan fingerprint density at radius 1 is 1.26 bits per heavy atom. The fourth-order valence-corrected chi connectivity index (χ4v) is 2.68. The van der Waals surface area contributed by atoms with Crippen LogP contribution < -0.4 is 5.73 Å². The fraction of sp³-hybridized carbons (Fsp3) is 0.0714. The van der Waals surface area contributed by atoms with Gasteiger partial charge in [-0.25, -0.2) is 4.79 Å². The number of carbonyl (C=O) groups is 1. The molecule has 5 heteroatoms. The summed E-state index contributed by atoms with van der Waals surface area (Å²) < 4.78 is 0. The average Bonchev–Trinajstić information content (AvgIpc) is 2.40. The number of anilines is 1. The third kappa shape index (κ3) is 3.66. The molecule has 0 saturated heterocycles. The molecule has 0 atom stereocenters. The highest BCUT2D eigenvalue weighted by Crippen LogP contribution is 2.28. The summed E-state index contributed by atoms with van der Waals surface area (Å²) in [4.78, 5) is 11.9. The Morgan fingerprint density at radius 3 is 2.74 bits per heavy atom. The summed E-state index contributed by atoms with van der Waals surface area (Å²) in [5.41, 5.74) is 7.45. The van der Waals surface area contributed by atoms with Gasteiger partial charge < -0.3 is 10.8 Å². The van der Waals surface area contributed by atoms with Crippen molar-refractivity contribution in [3.05, 3.63) is 58.6 Å². The Labute approximate surface area is 120 Å². The van der Waals surface area contributed by atoms with Crippen LogP contribution in [0.3, 0.4) is 0 Å². The Hall–Kier alpha value is -1.65. The van der Waals surface area contributed by atoms with Crippen molar-refractivity contribution in [3.63, 3.8) is 0 Å². The van der Waals surface area contributed by atoms with Crippen LogP contribution in [0.4, 0.5) is 5.69 Å². The molecule has 3 nitrogen and oxygen atoms in total. The van der Waals surface area contributed by atoms with Crippen LogP contribution in [0.5, 0.6) is 0 Å². The number of hydrogen-bond donors (Lipinski definition) is 2. The van der Waals surface area contributed by atoms with Crippen molar-refractivity contribution in [3.8, 4) is 0 Å². The van der Waals surface area contributed by atoms with Crippen LogP contribution in [0.2, 0.25) is 5.02 Å². The summed E-state index contributed by atoms with van der Waals surface area (Å²) >= 11 is 7.53. The molecule has 0 aliphatic heterocycles. The van der Waals surface area contributed by atoms with E-state index in [0.29, 0.717) is 22.0 Å². The maximum absolute atomic E-state index is 10.9. The van der Waals surface area contributed by atoms with Gasteiger partial charge in [-0.2, -0.15) is 0 Å². The Bertz CT molecular complexity index is 616. The van der Waals surface area contributed by atoms with Crippen molar-refractivity contribution >= 4 is 35.0 Å². The van der Waals surface area contributed by atoms with Gasteiger partial charge in [-0.3, -0.25) is 0 Å². The SMILES string of the molecule is Nc1ccc(SCc2cccc(C(=O)O)c2)cc1Cl. The maximum Gasteiger partial charge on any atom is 0.335 e. The normalized spacial score (nSPS) is 10.4. The van der Waals surface area contributed by atoms with Gasteiger partial charge in [0, 0.05) is 10.6 Å². The Balaban J connectivity index is 2.07. The van der Waals surface area contributed by atoms with E-state index in [0.717, 1.165) is 10.5 Å². The van der Waals surface area contributed by atoms with E-state index < -0.39 is 5.97 Å². The number of aromatic carboxylic acids is 1. The van der Waals surface area contributed by atoms with Gasteiger partial charge in [-0.15, -0.1) is 11.8 Å². The highest BCUT2D eigenvalue weighted by atomic mass is 35.5. The first-order chi connectivity index (χ1) is 9.06. The molecule has 2 rings (SSSR count). The minimum absolute atomic E-state index is 0.299. The number of halogens is 1. The molecule has 0 amide bonds. The van der Waals surface area contributed by atoms with Gasteiger partial charge in [-0.05, 0) is 35.9 Å². The van der Waals surface area contributed by atoms with Crippen molar-refractivity contribution in [2.45, 2.75) is 10.6 Å². The quantitative estimate of drug-likeness (QED) is 0.662. The highest BCUT2D eigenvalue weighted by molar-refractivity contribution is 7.98. The number of thioether (sulfide) groups is 1. The van der Waals surface area contributed by atoms with E-state index in [2.05, 4.69) is 0 Å². The van der Waals surface area contributed by atoms with E-state index in [1.54, 1.807) is 36.0 Å². The van der Waals surface area contributed by atoms with Crippen LogP contribution >= 0.6 is 23.4 Å². The molecule has 0 spiro atoms. The van der Waals surface area contributed by atoms with Crippen LogP contribution in [-0.2, 0) is 5.75 Å². The average molecular weight is 294 g/mol. The monoisotopic (exact) mass is 293 g/mol. The molecule has 2 aromatic carbocycles. The molecule has 0 heterocycles. The van der Waals surface area contributed by atoms with Gasteiger partial charge in [0.1, 0.15) is 0 Å². The fourth-order valence-electron chi connectivity index (χ4n) is 1.56. The molecule has 0 radical (unpaired) electrons. The predicted octanol–water partition coefficient (Wildman–Crippen LogP) is 3.91.